The molecule has 0 spiro atoms. The van der Waals surface area contributed by atoms with Crippen molar-refractivity contribution in [3.8, 4) is 5.75 Å². The largest absolute Gasteiger partial charge is 0.496 e. The second kappa shape index (κ2) is 6.19. The SMILES string of the molecule is COc1csc(C(NN)C2=CCCCCC2)c1. The number of hydrazine groups is 1. The van der Waals surface area contributed by atoms with Crippen LogP contribution >= 0.6 is 11.3 Å². The fraction of sp³-hybridized carbons (Fsp3) is 0.538. The van der Waals surface area contributed by atoms with Gasteiger partial charge in [-0.1, -0.05) is 18.1 Å². The number of nitrogens with one attached hydrogen (secondary N) is 1. The first-order valence-electron chi connectivity index (χ1n) is 6.12. The second-order valence-corrected chi connectivity index (χ2v) is 5.31. The molecule has 0 aliphatic heterocycles. The van der Waals surface area contributed by atoms with Gasteiger partial charge in [-0.05, 0) is 31.7 Å². The van der Waals surface area contributed by atoms with Gasteiger partial charge in [-0.15, -0.1) is 11.3 Å². The quantitative estimate of drug-likeness (QED) is 0.491. The number of thiophene rings is 1. The minimum Gasteiger partial charge on any atom is -0.496 e. The van der Waals surface area contributed by atoms with Gasteiger partial charge in [0.05, 0.1) is 13.2 Å². The Balaban J connectivity index is 2.16. The predicted molar refractivity (Wildman–Crippen MR) is 72.1 cm³/mol. The molecule has 94 valence electrons. The molecule has 1 heterocycles. The molecular formula is C13H20N2OS. The van der Waals surface area contributed by atoms with Crippen LogP contribution < -0.4 is 16.0 Å². The lowest BCUT2D eigenvalue weighted by molar-refractivity contribution is 0.416. The summed E-state index contributed by atoms with van der Waals surface area (Å²) in [5.74, 6) is 6.63. The van der Waals surface area contributed by atoms with Crippen molar-refractivity contribution in [3.05, 3.63) is 28.0 Å². The molecule has 3 nitrogen and oxygen atoms in total. The fourth-order valence-corrected chi connectivity index (χ4v) is 3.22. The molecule has 0 bridgehead atoms. The van der Waals surface area contributed by atoms with Crippen LogP contribution in [0.1, 0.15) is 43.0 Å². The summed E-state index contributed by atoms with van der Waals surface area (Å²) in [6, 6.07) is 2.22. The number of methoxy groups -OCH3 is 1. The van der Waals surface area contributed by atoms with Gasteiger partial charge in [-0.25, -0.2) is 5.43 Å². The maximum atomic E-state index is 5.71. The van der Waals surface area contributed by atoms with Crippen molar-refractivity contribution in [1.82, 2.24) is 5.43 Å². The number of hydrogen-bond donors (Lipinski definition) is 2. The molecule has 3 N–H and O–H groups in total. The Labute approximate surface area is 107 Å². The van der Waals surface area contributed by atoms with E-state index in [2.05, 4.69) is 17.6 Å². The van der Waals surface area contributed by atoms with Crippen LogP contribution in [0.25, 0.3) is 0 Å². The third-order valence-corrected chi connectivity index (χ3v) is 4.21. The zero-order valence-electron chi connectivity index (χ0n) is 10.2. The Kier molecular flexibility index (Phi) is 4.59. The first-order valence-corrected chi connectivity index (χ1v) is 7.00. The van der Waals surface area contributed by atoms with E-state index in [0.717, 1.165) is 12.2 Å². The summed E-state index contributed by atoms with van der Waals surface area (Å²) in [4.78, 5) is 1.23. The molecular weight excluding hydrogens is 232 g/mol. The molecule has 0 amide bonds. The summed E-state index contributed by atoms with van der Waals surface area (Å²) in [6.45, 7) is 0. The summed E-state index contributed by atoms with van der Waals surface area (Å²) < 4.78 is 5.22. The molecule has 2 rings (SSSR count). The fourth-order valence-electron chi connectivity index (χ4n) is 2.27. The van der Waals surface area contributed by atoms with Gasteiger partial charge in [0.2, 0.25) is 0 Å². The van der Waals surface area contributed by atoms with E-state index in [1.54, 1.807) is 18.4 Å². The van der Waals surface area contributed by atoms with Crippen molar-refractivity contribution >= 4 is 11.3 Å². The molecule has 0 radical (unpaired) electrons. The Morgan fingerprint density at radius 3 is 3.00 bits per heavy atom. The van der Waals surface area contributed by atoms with Crippen LogP contribution in [0.3, 0.4) is 0 Å². The lowest BCUT2D eigenvalue weighted by Gasteiger charge is -2.17. The van der Waals surface area contributed by atoms with Gasteiger partial charge >= 0.3 is 0 Å². The van der Waals surface area contributed by atoms with Crippen molar-refractivity contribution < 1.29 is 4.74 Å². The van der Waals surface area contributed by atoms with Gasteiger partial charge in [-0.3, -0.25) is 5.84 Å². The summed E-state index contributed by atoms with van der Waals surface area (Å²) in [6.07, 6.45) is 8.57. The number of rotatable bonds is 4. The maximum Gasteiger partial charge on any atom is 0.129 e. The van der Waals surface area contributed by atoms with E-state index in [0.29, 0.717) is 0 Å². The number of ether oxygens (including phenoxy) is 1. The number of nitrogens with two attached hydrogens (primary N) is 1. The van der Waals surface area contributed by atoms with Crippen LogP contribution in [0, 0.1) is 0 Å². The minimum atomic E-state index is 0.155. The molecule has 1 unspecified atom stereocenters. The molecule has 0 fully saturated rings. The first kappa shape index (κ1) is 12.6. The minimum absolute atomic E-state index is 0.155. The monoisotopic (exact) mass is 252 g/mol. The van der Waals surface area contributed by atoms with Crippen molar-refractivity contribution in [2.45, 2.75) is 38.1 Å². The van der Waals surface area contributed by atoms with Crippen molar-refractivity contribution in [2.24, 2.45) is 5.84 Å². The molecule has 4 heteroatoms. The molecule has 0 saturated carbocycles. The van der Waals surface area contributed by atoms with Crippen LogP contribution in [-0.4, -0.2) is 7.11 Å². The molecule has 0 saturated heterocycles. The van der Waals surface area contributed by atoms with Crippen LogP contribution in [0.4, 0.5) is 0 Å². The lowest BCUT2D eigenvalue weighted by Crippen LogP contribution is -2.28. The van der Waals surface area contributed by atoms with Gasteiger partial charge < -0.3 is 4.74 Å². The Morgan fingerprint density at radius 1 is 1.41 bits per heavy atom. The van der Waals surface area contributed by atoms with E-state index in [9.17, 15) is 0 Å². The molecule has 1 aliphatic carbocycles. The average Bonchev–Trinajstić information content (AvgIpc) is 2.66. The molecule has 1 atom stereocenters. The Hall–Kier alpha value is -0.840. The summed E-state index contributed by atoms with van der Waals surface area (Å²) >= 11 is 1.70. The first-order chi connectivity index (χ1) is 8.35. The Bertz CT molecular complexity index is 387. The maximum absolute atomic E-state index is 5.71. The normalized spacial score (nSPS) is 18.4. The van der Waals surface area contributed by atoms with Gasteiger partial charge in [0.15, 0.2) is 0 Å². The Morgan fingerprint density at radius 2 is 2.29 bits per heavy atom. The van der Waals surface area contributed by atoms with Crippen LogP contribution in [0.5, 0.6) is 5.75 Å². The zero-order chi connectivity index (χ0) is 12.1. The summed E-state index contributed by atoms with van der Waals surface area (Å²) in [7, 11) is 1.70. The second-order valence-electron chi connectivity index (χ2n) is 4.37. The highest BCUT2D eigenvalue weighted by Crippen LogP contribution is 2.34. The van der Waals surface area contributed by atoms with E-state index in [4.69, 9.17) is 10.6 Å². The average molecular weight is 252 g/mol. The van der Waals surface area contributed by atoms with E-state index in [-0.39, 0.29) is 6.04 Å². The smallest absolute Gasteiger partial charge is 0.129 e. The van der Waals surface area contributed by atoms with Gasteiger partial charge in [0.1, 0.15) is 5.75 Å². The van der Waals surface area contributed by atoms with Crippen molar-refractivity contribution in [1.29, 1.82) is 0 Å². The molecule has 1 aromatic heterocycles. The van der Waals surface area contributed by atoms with Crippen LogP contribution in [-0.2, 0) is 0 Å². The molecule has 1 aromatic rings. The predicted octanol–water partition coefficient (Wildman–Crippen LogP) is 3.15. The van der Waals surface area contributed by atoms with Crippen LogP contribution in [0.2, 0.25) is 0 Å². The third kappa shape index (κ3) is 3.09. The highest BCUT2D eigenvalue weighted by Gasteiger charge is 2.18. The van der Waals surface area contributed by atoms with E-state index in [1.165, 1.54) is 36.1 Å². The van der Waals surface area contributed by atoms with E-state index in [1.807, 2.05) is 5.38 Å². The highest BCUT2D eigenvalue weighted by molar-refractivity contribution is 7.10. The zero-order valence-corrected chi connectivity index (χ0v) is 11.1. The van der Waals surface area contributed by atoms with Crippen molar-refractivity contribution in [2.75, 3.05) is 7.11 Å². The summed E-state index contributed by atoms with van der Waals surface area (Å²) in [5.41, 5.74) is 4.37. The summed E-state index contributed by atoms with van der Waals surface area (Å²) in [5, 5.41) is 2.02. The molecule has 17 heavy (non-hydrogen) atoms. The van der Waals surface area contributed by atoms with Gasteiger partial charge in [0.25, 0.3) is 0 Å². The number of hydrogen-bond acceptors (Lipinski definition) is 4. The van der Waals surface area contributed by atoms with Crippen LogP contribution in [0.15, 0.2) is 23.1 Å². The van der Waals surface area contributed by atoms with E-state index >= 15 is 0 Å². The highest BCUT2D eigenvalue weighted by atomic mass is 32.1. The molecule has 0 aromatic carbocycles. The topological polar surface area (TPSA) is 47.3 Å². The lowest BCUT2D eigenvalue weighted by atomic mass is 10.0. The standard InChI is InChI=1S/C13H20N2OS/c1-16-11-8-12(17-9-11)13(15-14)10-6-4-2-3-5-7-10/h6,8-9,13,15H,2-5,7,14H2,1H3. The van der Waals surface area contributed by atoms with Gasteiger partial charge in [-0.2, -0.15) is 0 Å². The number of allylic oxidation sites excluding steroid dienone is 1. The van der Waals surface area contributed by atoms with E-state index < -0.39 is 0 Å². The third-order valence-electron chi connectivity index (χ3n) is 3.23. The molecule has 1 aliphatic rings. The van der Waals surface area contributed by atoms with Gasteiger partial charge in [0, 0.05) is 10.3 Å². The van der Waals surface area contributed by atoms with Crippen molar-refractivity contribution in [3.63, 3.8) is 0 Å².